The van der Waals surface area contributed by atoms with Crippen molar-refractivity contribution in [2.24, 2.45) is 0 Å². The number of rotatable bonds is 1. The molecule has 0 atom stereocenters. The van der Waals surface area contributed by atoms with E-state index in [0.29, 0.717) is 0 Å². The van der Waals surface area contributed by atoms with Crippen LogP contribution in [0.3, 0.4) is 0 Å². The Kier molecular flexibility index (Phi) is 3.80. The normalized spacial score (nSPS) is 21.9. The van der Waals surface area contributed by atoms with Crippen LogP contribution in [0, 0.1) is 0 Å². The Morgan fingerprint density at radius 1 is 1.50 bits per heavy atom. The molecule has 1 aliphatic heterocycles. The van der Waals surface area contributed by atoms with Crippen LogP contribution < -0.4 is 0 Å². The molecule has 0 unspecified atom stereocenters. The van der Waals surface area contributed by atoms with Crippen molar-refractivity contribution in [1.82, 2.24) is 0 Å². The summed E-state index contributed by atoms with van der Waals surface area (Å²) in [6, 6.07) is 0. The lowest BCUT2D eigenvalue weighted by Crippen LogP contribution is -1.97. The SMILES string of the molecule is COC(=O)/C=C1/CCCOCC1. The van der Waals surface area contributed by atoms with Gasteiger partial charge in [0.2, 0.25) is 0 Å². The molecule has 0 aromatic rings. The monoisotopic (exact) mass is 170 g/mol. The summed E-state index contributed by atoms with van der Waals surface area (Å²) in [5.74, 6) is -0.257. The summed E-state index contributed by atoms with van der Waals surface area (Å²) in [7, 11) is 1.40. The summed E-state index contributed by atoms with van der Waals surface area (Å²) in [6.45, 7) is 1.53. The van der Waals surface area contributed by atoms with Gasteiger partial charge in [0.25, 0.3) is 0 Å². The molecule has 0 amide bonds. The molecule has 12 heavy (non-hydrogen) atoms. The van der Waals surface area contributed by atoms with E-state index in [0.717, 1.165) is 38.0 Å². The molecule has 0 spiro atoms. The fraction of sp³-hybridized carbons (Fsp3) is 0.667. The first-order valence-corrected chi connectivity index (χ1v) is 4.18. The summed E-state index contributed by atoms with van der Waals surface area (Å²) >= 11 is 0. The minimum atomic E-state index is -0.257. The van der Waals surface area contributed by atoms with Crippen molar-refractivity contribution in [3.05, 3.63) is 11.6 Å². The Bertz CT molecular complexity index is 174. The molecule has 0 radical (unpaired) electrons. The maximum atomic E-state index is 10.9. The maximum Gasteiger partial charge on any atom is 0.330 e. The van der Waals surface area contributed by atoms with Crippen LogP contribution in [0.5, 0.6) is 0 Å². The van der Waals surface area contributed by atoms with Gasteiger partial charge in [-0.15, -0.1) is 0 Å². The Labute approximate surface area is 72.4 Å². The largest absolute Gasteiger partial charge is 0.466 e. The van der Waals surface area contributed by atoms with E-state index in [2.05, 4.69) is 4.74 Å². The van der Waals surface area contributed by atoms with Gasteiger partial charge in [-0.2, -0.15) is 0 Å². The Morgan fingerprint density at radius 2 is 2.33 bits per heavy atom. The van der Waals surface area contributed by atoms with E-state index in [1.54, 1.807) is 6.08 Å². The molecular formula is C9H14O3. The highest BCUT2D eigenvalue weighted by Crippen LogP contribution is 2.14. The molecule has 1 saturated heterocycles. The fourth-order valence-electron chi connectivity index (χ4n) is 1.20. The van der Waals surface area contributed by atoms with Crippen molar-refractivity contribution in [3.8, 4) is 0 Å². The first-order valence-electron chi connectivity index (χ1n) is 4.18. The number of methoxy groups -OCH3 is 1. The second-order valence-electron chi connectivity index (χ2n) is 2.79. The predicted molar refractivity (Wildman–Crippen MR) is 44.8 cm³/mol. The Balaban J connectivity index is 2.47. The average molecular weight is 170 g/mol. The second-order valence-corrected chi connectivity index (χ2v) is 2.79. The zero-order valence-corrected chi connectivity index (χ0v) is 7.34. The lowest BCUT2D eigenvalue weighted by molar-refractivity contribution is -0.134. The third-order valence-electron chi connectivity index (χ3n) is 1.88. The standard InChI is InChI=1S/C9H14O3/c1-11-9(10)7-8-3-2-5-12-6-4-8/h7H,2-6H2,1H3/b8-7-. The summed E-state index contributed by atoms with van der Waals surface area (Å²) in [6.07, 6.45) is 4.39. The molecule has 0 N–H and O–H groups in total. The van der Waals surface area contributed by atoms with Crippen molar-refractivity contribution in [3.63, 3.8) is 0 Å². The molecule has 0 aromatic carbocycles. The maximum absolute atomic E-state index is 10.9. The molecule has 1 fully saturated rings. The third-order valence-corrected chi connectivity index (χ3v) is 1.88. The summed E-state index contributed by atoms with van der Waals surface area (Å²) in [5.41, 5.74) is 1.14. The molecule has 3 heteroatoms. The van der Waals surface area contributed by atoms with Gasteiger partial charge in [-0.25, -0.2) is 4.79 Å². The van der Waals surface area contributed by atoms with Crippen LogP contribution in [0.15, 0.2) is 11.6 Å². The highest BCUT2D eigenvalue weighted by atomic mass is 16.5. The first-order chi connectivity index (χ1) is 5.83. The molecule has 68 valence electrons. The summed E-state index contributed by atoms with van der Waals surface area (Å²) in [5, 5.41) is 0. The van der Waals surface area contributed by atoms with E-state index in [4.69, 9.17) is 4.74 Å². The topological polar surface area (TPSA) is 35.5 Å². The van der Waals surface area contributed by atoms with E-state index >= 15 is 0 Å². The van der Waals surface area contributed by atoms with E-state index < -0.39 is 0 Å². The first kappa shape index (κ1) is 9.26. The molecule has 0 bridgehead atoms. The van der Waals surface area contributed by atoms with E-state index in [9.17, 15) is 4.79 Å². The van der Waals surface area contributed by atoms with Gasteiger partial charge in [0, 0.05) is 12.7 Å². The number of carbonyl (C=O) groups is 1. The highest BCUT2D eigenvalue weighted by Gasteiger charge is 2.05. The van der Waals surface area contributed by atoms with E-state index in [1.807, 2.05) is 0 Å². The minimum absolute atomic E-state index is 0.257. The van der Waals surface area contributed by atoms with E-state index in [-0.39, 0.29) is 5.97 Å². The van der Waals surface area contributed by atoms with Crippen LogP contribution in [0.4, 0.5) is 0 Å². The predicted octanol–water partition coefficient (Wildman–Crippen LogP) is 1.29. The van der Waals surface area contributed by atoms with Crippen molar-refractivity contribution >= 4 is 5.97 Å². The van der Waals surface area contributed by atoms with Crippen molar-refractivity contribution < 1.29 is 14.3 Å². The van der Waals surface area contributed by atoms with Crippen LogP contribution in [-0.2, 0) is 14.3 Å². The van der Waals surface area contributed by atoms with Crippen LogP contribution >= 0.6 is 0 Å². The molecule has 1 heterocycles. The van der Waals surface area contributed by atoms with E-state index in [1.165, 1.54) is 7.11 Å². The Morgan fingerprint density at radius 3 is 3.08 bits per heavy atom. The Hall–Kier alpha value is -0.830. The van der Waals surface area contributed by atoms with Crippen molar-refractivity contribution in [1.29, 1.82) is 0 Å². The summed E-state index contributed by atoms with van der Waals surface area (Å²) in [4.78, 5) is 10.9. The van der Waals surface area contributed by atoms with Gasteiger partial charge in [0.05, 0.1) is 13.7 Å². The molecule has 0 saturated carbocycles. The molecule has 1 rings (SSSR count). The molecule has 1 aliphatic rings. The zero-order valence-electron chi connectivity index (χ0n) is 7.34. The van der Waals surface area contributed by atoms with Gasteiger partial charge in [-0.1, -0.05) is 5.57 Å². The minimum Gasteiger partial charge on any atom is -0.466 e. The number of hydrogen-bond acceptors (Lipinski definition) is 3. The third kappa shape index (κ3) is 3.05. The molecule has 3 nitrogen and oxygen atoms in total. The van der Waals surface area contributed by atoms with Crippen LogP contribution in [-0.4, -0.2) is 26.3 Å². The van der Waals surface area contributed by atoms with Gasteiger partial charge in [0.15, 0.2) is 0 Å². The second kappa shape index (κ2) is 4.93. The lowest BCUT2D eigenvalue weighted by atomic mass is 10.1. The number of ether oxygens (including phenoxy) is 2. The van der Waals surface area contributed by atoms with Crippen LogP contribution in [0.25, 0.3) is 0 Å². The summed E-state index contributed by atoms with van der Waals surface area (Å²) < 4.78 is 9.78. The van der Waals surface area contributed by atoms with Gasteiger partial charge >= 0.3 is 5.97 Å². The number of esters is 1. The quantitative estimate of drug-likeness (QED) is 0.439. The fourth-order valence-corrected chi connectivity index (χ4v) is 1.20. The van der Waals surface area contributed by atoms with Gasteiger partial charge in [0.1, 0.15) is 0 Å². The van der Waals surface area contributed by atoms with Gasteiger partial charge in [-0.05, 0) is 19.3 Å². The smallest absolute Gasteiger partial charge is 0.330 e. The van der Waals surface area contributed by atoms with Crippen LogP contribution in [0.2, 0.25) is 0 Å². The van der Waals surface area contributed by atoms with Crippen molar-refractivity contribution in [2.45, 2.75) is 19.3 Å². The van der Waals surface area contributed by atoms with Gasteiger partial charge in [-0.3, -0.25) is 0 Å². The molecular weight excluding hydrogens is 156 g/mol. The average Bonchev–Trinajstić information content (AvgIpc) is 2.33. The number of carbonyl (C=O) groups excluding carboxylic acids is 1. The number of hydrogen-bond donors (Lipinski definition) is 0. The lowest BCUT2D eigenvalue weighted by Gasteiger charge is -1.99. The van der Waals surface area contributed by atoms with Gasteiger partial charge < -0.3 is 9.47 Å². The molecule has 0 aliphatic carbocycles. The van der Waals surface area contributed by atoms with Crippen molar-refractivity contribution in [2.75, 3.05) is 20.3 Å². The molecule has 0 aromatic heterocycles. The van der Waals surface area contributed by atoms with Crippen LogP contribution in [0.1, 0.15) is 19.3 Å². The highest BCUT2D eigenvalue weighted by molar-refractivity contribution is 5.82. The zero-order chi connectivity index (χ0) is 8.81.